The lowest BCUT2D eigenvalue weighted by atomic mass is 10.0. The van der Waals surface area contributed by atoms with E-state index in [1.165, 1.54) is 0 Å². The largest absolute Gasteiger partial charge is 0.481 e. The fourth-order valence-electron chi connectivity index (χ4n) is 5.13. The Balaban J connectivity index is 1.38. The van der Waals surface area contributed by atoms with Gasteiger partial charge in [-0.15, -0.1) is 0 Å². The van der Waals surface area contributed by atoms with E-state index in [-0.39, 0.29) is 23.8 Å². The molecule has 0 saturated carbocycles. The van der Waals surface area contributed by atoms with Crippen LogP contribution in [0, 0.1) is 6.92 Å². The van der Waals surface area contributed by atoms with Crippen molar-refractivity contribution in [3.63, 3.8) is 0 Å². The van der Waals surface area contributed by atoms with Gasteiger partial charge >= 0.3 is 5.97 Å². The highest BCUT2D eigenvalue weighted by Crippen LogP contribution is 2.30. The molecule has 1 aromatic heterocycles. The first kappa shape index (κ1) is 30.0. The zero-order valence-corrected chi connectivity index (χ0v) is 24.3. The van der Waals surface area contributed by atoms with Gasteiger partial charge in [0.05, 0.1) is 29.4 Å². The van der Waals surface area contributed by atoms with Crippen LogP contribution in [0.1, 0.15) is 54.7 Å². The smallest absolute Gasteiger partial charge is 0.305 e. The Labute approximate surface area is 255 Å². The molecule has 1 unspecified atom stereocenters. The Bertz CT molecular complexity index is 1640. The third-order valence-electron chi connectivity index (χ3n) is 7.52. The number of nitrogens with one attached hydrogen (secondary N) is 2. The first-order valence-corrected chi connectivity index (χ1v) is 14.3. The summed E-state index contributed by atoms with van der Waals surface area (Å²) in [6.45, 7) is 3.89. The standard InChI is InChI=1S/C34H33N5O5/c1-23-9-11-24(12-10-23)28(21-31(40)41)36-33(43)26-13-14-30(29(20-26)37-32(42)25-6-3-2-4-7-25)38-16-18-39(19-17-38)34(44)27-8-5-15-35-22-27/h2-15,20,22,28H,16-19,21H2,1H3,(H,36,43)(H,37,42)(H,40,41). The van der Waals surface area contributed by atoms with E-state index in [0.717, 1.165) is 5.56 Å². The minimum Gasteiger partial charge on any atom is -0.481 e. The number of carboxylic acids is 1. The Morgan fingerprint density at radius 1 is 0.818 bits per heavy atom. The van der Waals surface area contributed by atoms with Crippen LogP contribution >= 0.6 is 0 Å². The van der Waals surface area contributed by atoms with Crippen molar-refractivity contribution in [3.05, 3.63) is 125 Å². The third-order valence-corrected chi connectivity index (χ3v) is 7.52. The summed E-state index contributed by atoms with van der Waals surface area (Å²) in [7, 11) is 0. The van der Waals surface area contributed by atoms with Crippen LogP contribution in [0.2, 0.25) is 0 Å². The number of aromatic nitrogens is 1. The van der Waals surface area contributed by atoms with Crippen LogP contribution in [-0.4, -0.2) is 64.9 Å². The van der Waals surface area contributed by atoms with E-state index in [4.69, 9.17) is 0 Å². The summed E-state index contributed by atoms with van der Waals surface area (Å²) in [4.78, 5) is 59.1. The molecule has 5 rings (SSSR count). The van der Waals surface area contributed by atoms with E-state index in [0.29, 0.717) is 54.2 Å². The lowest BCUT2D eigenvalue weighted by Gasteiger charge is -2.37. The number of aliphatic carboxylic acids is 1. The zero-order valence-electron chi connectivity index (χ0n) is 24.3. The highest BCUT2D eigenvalue weighted by molar-refractivity contribution is 6.07. The molecule has 0 bridgehead atoms. The summed E-state index contributed by atoms with van der Waals surface area (Å²) in [6, 6.07) is 23.9. The number of hydrogen-bond acceptors (Lipinski definition) is 6. The van der Waals surface area contributed by atoms with Crippen molar-refractivity contribution in [2.45, 2.75) is 19.4 Å². The number of anilines is 2. The van der Waals surface area contributed by atoms with Crippen LogP contribution in [0.5, 0.6) is 0 Å². The lowest BCUT2D eigenvalue weighted by Crippen LogP contribution is -2.49. The zero-order chi connectivity index (χ0) is 31.1. The van der Waals surface area contributed by atoms with Crippen LogP contribution in [-0.2, 0) is 4.79 Å². The summed E-state index contributed by atoms with van der Waals surface area (Å²) < 4.78 is 0. The number of pyridine rings is 1. The predicted molar refractivity (Wildman–Crippen MR) is 167 cm³/mol. The molecule has 0 spiro atoms. The molecule has 10 heteroatoms. The van der Waals surface area contributed by atoms with E-state index in [9.17, 15) is 24.3 Å². The van der Waals surface area contributed by atoms with Gasteiger partial charge in [-0.1, -0.05) is 48.0 Å². The fraction of sp³-hybridized carbons (Fsp3) is 0.206. The highest BCUT2D eigenvalue weighted by Gasteiger charge is 2.26. The second-order valence-electron chi connectivity index (χ2n) is 10.6. The molecule has 2 heterocycles. The molecule has 3 N–H and O–H groups in total. The summed E-state index contributed by atoms with van der Waals surface area (Å²) in [6.07, 6.45) is 2.89. The van der Waals surface area contributed by atoms with Crippen molar-refractivity contribution in [2.24, 2.45) is 0 Å². The molecule has 1 saturated heterocycles. The number of carboxylic acid groups (broad SMARTS) is 1. The molecule has 3 amide bonds. The monoisotopic (exact) mass is 591 g/mol. The Morgan fingerprint density at radius 2 is 1.52 bits per heavy atom. The molecule has 0 radical (unpaired) electrons. The maximum absolute atomic E-state index is 13.4. The van der Waals surface area contributed by atoms with Crippen LogP contribution in [0.4, 0.5) is 11.4 Å². The molecular weight excluding hydrogens is 558 g/mol. The number of hydrogen-bond donors (Lipinski definition) is 3. The normalized spacial score (nSPS) is 13.6. The fourth-order valence-corrected chi connectivity index (χ4v) is 5.13. The quantitative estimate of drug-likeness (QED) is 0.260. The first-order valence-electron chi connectivity index (χ1n) is 14.3. The van der Waals surface area contributed by atoms with Gasteiger partial charge in [-0.25, -0.2) is 0 Å². The first-order chi connectivity index (χ1) is 21.3. The molecule has 0 aliphatic carbocycles. The Morgan fingerprint density at radius 3 is 2.18 bits per heavy atom. The van der Waals surface area contributed by atoms with Crippen LogP contribution in [0.25, 0.3) is 0 Å². The van der Waals surface area contributed by atoms with E-state index in [1.807, 2.05) is 25.1 Å². The van der Waals surface area contributed by atoms with Crippen LogP contribution < -0.4 is 15.5 Å². The average molecular weight is 592 g/mol. The molecule has 44 heavy (non-hydrogen) atoms. The number of nitrogens with zero attached hydrogens (tertiary/aromatic N) is 3. The highest BCUT2D eigenvalue weighted by atomic mass is 16.4. The maximum Gasteiger partial charge on any atom is 0.305 e. The van der Waals surface area contributed by atoms with Gasteiger partial charge < -0.3 is 25.5 Å². The minimum absolute atomic E-state index is 0.0909. The number of piperazine rings is 1. The molecule has 1 atom stereocenters. The number of rotatable bonds is 9. The SMILES string of the molecule is Cc1ccc(C(CC(=O)O)NC(=O)c2ccc(N3CCN(C(=O)c4cccnc4)CC3)c(NC(=O)c3ccccc3)c2)cc1. The van der Waals surface area contributed by atoms with Crippen molar-refractivity contribution in [2.75, 3.05) is 36.4 Å². The average Bonchev–Trinajstić information content (AvgIpc) is 3.05. The Hall–Kier alpha value is -5.51. The van der Waals surface area contributed by atoms with E-state index < -0.39 is 17.9 Å². The Kier molecular flexibility index (Phi) is 9.29. The molecule has 1 aliphatic rings. The summed E-state index contributed by atoms with van der Waals surface area (Å²) in [5.41, 5.74) is 4.10. The molecule has 3 aromatic carbocycles. The van der Waals surface area contributed by atoms with Gasteiger partial charge in [-0.2, -0.15) is 0 Å². The van der Waals surface area contributed by atoms with Gasteiger partial charge in [0.1, 0.15) is 0 Å². The van der Waals surface area contributed by atoms with Gasteiger partial charge in [-0.3, -0.25) is 24.2 Å². The number of aryl methyl sites for hydroxylation is 1. The molecule has 1 fully saturated rings. The van der Waals surface area contributed by atoms with Crippen LogP contribution in [0.15, 0.2) is 97.3 Å². The second-order valence-corrected chi connectivity index (χ2v) is 10.6. The molecule has 10 nitrogen and oxygen atoms in total. The number of carbonyl (C=O) groups excluding carboxylic acids is 3. The molecule has 4 aromatic rings. The lowest BCUT2D eigenvalue weighted by molar-refractivity contribution is -0.137. The predicted octanol–water partition coefficient (Wildman–Crippen LogP) is 4.55. The van der Waals surface area contributed by atoms with E-state index in [2.05, 4.69) is 20.5 Å². The van der Waals surface area contributed by atoms with E-state index in [1.54, 1.807) is 84.0 Å². The van der Waals surface area contributed by atoms with Crippen molar-refractivity contribution in [1.29, 1.82) is 0 Å². The topological polar surface area (TPSA) is 132 Å². The van der Waals surface area contributed by atoms with Gasteiger partial charge in [0.2, 0.25) is 0 Å². The number of benzene rings is 3. The van der Waals surface area contributed by atoms with Crippen molar-refractivity contribution in [3.8, 4) is 0 Å². The van der Waals surface area contributed by atoms with Crippen molar-refractivity contribution in [1.82, 2.24) is 15.2 Å². The number of amides is 3. The van der Waals surface area contributed by atoms with Crippen molar-refractivity contribution >= 4 is 35.1 Å². The minimum atomic E-state index is -1.04. The number of carbonyl (C=O) groups is 4. The maximum atomic E-state index is 13.4. The third kappa shape index (κ3) is 7.27. The summed E-state index contributed by atoms with van der Waals surface area (Å²) in [5, 5.41) is 15.3. The van der Waals surface area contributed by atoms with Crippen LogP contribution in [0.3, 0.4) is 0 Å². The molecular formula is C34H33N5O5. The van der Waals surface area contributed by atoms with Gasteiger partial charge in [0, 0.05) is 49.7 Å². The van der Waals surface area contributed by atoms with Gasteiger partial charge in [0.15, 0.2) is 0 Å². The van der Waals surface area contributed by atoms with Crippen molar-refractivity contribution < 1.29 is 24.3 Å². The molecule has 224 valence electrons. The van der Waals surface area contributed by atoms with Gasteiger partial charge in [-0.05, 0) is 55.0 Å². The van der Waals surface area contributed by atoms with E-state index >= 15 is 0 Å². The van der Waals surface area contributed by atoms with Gasteiger partial charge in [0.25, 0.3) is 17.7 Å². The summed E-state index contributed by atoms with van der Waals surface area (Å²) in [5.74, 6) is -1.93. The second kappa shape index (κ2) is 13.6. The molecule has 1 aliphatic heterocycles. The summed E-state index contributed by atoms with van der Waals surface area (Å²) >= 11 is 0.